The molecular formula is C27H45N5O5. The lowest BCUT2D eigenvalue weighted by Crippen LogP contribution is -2.64. The highest BCUT2D eigenvalue weighted by molar-refractivity contribution is 5.69. The van der Waals surface area contributed by atoms with Crippen molar-refractivity contribution in [3.05, 3.63) is 11.8 Å². The maximum atomic E-state index is 12.3. The van der Waals surface area contributed by atoms with Gasteiger partial charge in [0.2, 0.25) is 0 Å². The summed E-state index contributed by atoms with van der Waals surface area (Å²) in [6.07, 6.45) is 3.07. The Balaban J connectivity index is 1.17. The van der Waals surface area contributed by atoms with Crippen molar-refractivity contribution in [2.75, 3.05) is 77.7 Å². The maximum absolute atomic E-state index is 12.3. The van der Waals surface area contributed by atoms with Crippen molar-refractivity contribution in [2.24, 2.45) is 5.41 Å². The van der Waals surface area contributed by atoms with E-state index in [9.17, 15) is 4.79 Å². The van der Waals surface area contributed by atoms with Gasteiger partial charge in [0.05, 0.1) is 32.0 Å². The zero-order valence-electron chi connectivity index (χ0n) is 23.3. The number of nitrogens with zero attached hydrogens (tertiary/aromatic N) is 5. The van der Waals surface area contributed by atoms with Gasteiger partial charge in [-0.15, -0.1) is 0 Å². The Labute approximate surface area is 221 Å². The van der Waals surface area contributed by atoms with E-state index in [4.69, 9.17) is 24.0 Å². The molecule has 3 saturated heterocycles. The Morgan fingerprint density at radius 2 is 2.00 bits per heavy atom. The summed E-state index contributed by atoms with van der Waals surface area (Å²) in [4.78, 5) is 19.2. The topological polar surface area (TPSA) is 81.5 Å². The Bertz CT molecular complexity index is 926. The molecule has 1 amide bonds. The number of carbonyl (C=O) groups excluding carboxylic acids is 1. The lowest BCUT2D eigenvalue weighted by atomic mass is 9.61. The van der Waals surface area contributed by atoms with Crippen molar-refractivity contribution in [1.82, 2.24) is 19.6 Å². The lowest BCUT2D eigenvalue weighted by molar-refractivity contribution is -0.0986. The molecule has 10 nitrogen and oxygen atoms in total. The van der Waals surface area contributed by atoms with Gasteiger partial charge >= 0.3 is 6.09 Å². The van der Waals surface area contributed by atoms with Crippen LogP contribution in [0.3, 0.4) is 0 Å². The summed E-state index contributed by atoms with van der Waals surface area (Å²) in [6.45, 7) is 16.1. The fourth-order valence-corrected chi connectivity index (χ4v) is 6.39. The predicted octanol–water partition coefficient (Wildman–Crippen LogP) is 2.71. The van der Waals surface area contributed by atoms with Crippen LogP contribution in [-0.2, 0) is 18.9 Å². The molecule has 1 spiro atoms. The maximum Gasteiger partial charge on any atom is 0.410 e. The molecule has 37 heavy (non-hydrogen) atoms. The fourth-order valence-electron chi connectivity index (χ4n) is 6.39. The van der Waals surface area contributed by atoms with E-state index >= 15 is 0 Å². The first-order valence-corrected chi connectivity index (χ1v) is 13.9. The summed E-state index contributed by atoms with van der Waals surface area (Å²) < 4.78 is 24.7. The molecule has 4 aliphatic rings. The van der Waals surface area contributed by atoms with E-state index in [1.165, 1.54) is 5.69 Å². The highest BCUT2D eigenvalue weighted by atomic mass is 16.6. The molecule has 1 aliphatic carbocycles. The first-order chi connectivity index (χ1) is 17.6. The van der Waals surface area contributed by atoms with Gasteiger partial charge in [0, 0.05) is 76.2 Å². The third kappa shape index (κ3) is 6.08. The predicted molar refractivity (Wildman–Crippen MR) is 140 cm³/mol. The second-order valence-corrected chi connectivity index (χ2v) is 12.4. The van der Waals surface area contributed by atoms with Crippen LogP contribution in [0, 0.1) is 12.3 Å². The van der Waals surface area contributed by atoms with Gasteiger partial charge in [-0.05, 0) is 47.0 Å². The normalized spacial score (nSPS) is 26.7. The van der Waals surface area contributed by atoms with E-state index in [-0.39, 0.29) is 17.6 Å². The summed E-state index contributed by atoms with van der Waals surface area (Å²) in [5, 5.41) is 5.11. The molecule has 0 aromatic carbocycles. The molecular weight excluding hydrogens is 474 g/mol. The number of anilines is 1. The number of aromatic nitrogens is 2. The van der Waals surface area contributed by atoms with Crippen LogP contribution in [0.4, 0.5) is 10.6 Å². The van der Waals surface area contributed by atoms with E-state index in [2.05, 4.69) is 27.5 Å². The van der Waals surface area contributed by atoms with Crippen LogP contribution in [0.1, 0.15) is 51.8 Å². The smallest absolute Gasteiger partial charge is 0.410 e. The third-order valence-corrected chi connectivity index (χ3v) is 8.16. The minimum Gasteiger partial charge on any atom is -0.444 e. The van der Waals surface area contributed by atoms with Crippen molar-refractivity contribution in [3.8, 4) is 0 Å². The first-order valence-electron chi connectivity index (χ1n) is 13.9. The van der Waals surface area contributed by atoms with Crippen LogP contribution in [0.15, 0.2) is 6.07 Å². The first kappa shape index (κ1) is 26.7. The number of methoxy groups -OCH3 is 1. The van der Waals surface area contributed by atoms with Crippen molar-refractivity contribution in [1.29, 1.82) is 0 Å². The Hall–Kier alpha value is -1.88. The van der Waals surface area contributed by atoms with Crippen molar-refractivity contribution >= 4 is 11.9 Å². The van der Waals surface area contributed by atoms with Gasteiger partial charge in [0.1, 0.15) is 5.60 Å². The molecule has 0 radical (unpaired) electrons. The summed E-state index contributed by atoms with van der Waals surface area (Å²) in [7, 11) is 1.77. The molecule has 10 heteroatoms. The molecule has 4 heterocycles. The number of aryl methyl sites for hydroxylation is 1. The van der Waals surface area contributed by atoms with Crippen LogP contribution in [0.5, 0.6) is 0 Å². The standard InChI is InChI=1S/C27H45N5O5/c1-20-12-24(28-32(20)22-13-27(14-22)18-30(19-27)25(33)37-26(2,3)4)31-8-7-29(15-21(31)6-9-34-5)16-23-17-35-10-11-36-23/h12,21-23H,6-11,13-19H2,1-5H3. The van der Waals surface area contributed by atoms with E-state index in [1.807, 2.05) is 25.7 Å². The number of ether oxygens (including phenoxy) is 4. The molecule has 2 atom stereocenters. The zero-order chi connectivity index (χ0) is 26.2. The molecule has 4 fully saturated rings. The van der Waals surface area contributed by atoms with E-state index < -0.39 is 5.60 Å². The number of carbonyl (C=O) groups is 1. The average molecular weight is 520 g/mol. The van der Waals surface area contributed by atoms with Crippen molar-refractivity contribution in [3.63, 3.8) is 0 Å². The summed E-state index contributed by atoms with van der Waals surface area (Å²) in [5.41, 5.74) is 0.992. The summed E-state index contributed by atoms with van der Waals surface area (Å²) >= 11 is 0. The Morgan fingerprint density at radius 3 is 2.68 bits per heavy atom. The second kappa shape index (κ2) is 10.7. The molecule has 5 rings (SSSR count). The molecule has 208 valence electrons. The molecule has 3 aliphatic heterocycles. The number of hydrogen-bond donors (Lipinski definition) is 0. The number of rotatable bonds is 7. The minimum atomic E-state index is -0.449. The monoisotopic (exact) mass is 519 g/mol. The van der Waals surface area contributed by atoms with Gasteiger partial charge in [0.15, 0.2) is 5.82 Å². The molecule has 1 aromatic heterocycles. The zero-order valence-corrected chi connectivity index (χ0v) is 23.3. The van der Waals surface area contributed by atoms with Crippen LogP contribution >= 0.6 is 0 Å². The van der Waals surface area contributed by atoms with Gasteiger partial charge in [-0.2, -0.15) is 5.10 Å². The molecule has 0 N–H and O–H groups in total. The van der Waals surface area contributed by atoms with Crippen LogP contribution in [0.25, 0.3) is 0 Å². The molecule has 1 aromatic rings. The van der Waals surface area contributed by atoms with Crippen LogP contribution in [0.2, 0.25) is 0 Å². The highest BCUT2D eigenvalue weighted by Gasteiger charge is 2.55. The number of hydrogen-bond acceptors (Lipinski definition) is 8. The van der Waals surface area contributed by atoms with Gasteiger partial charge in [-0.25, -0.2) is 4.79 Å². The lowest BCUT2D eigenvalue weighted by Gasteiger charge is -2.58. The molecule has 0 bridgehead atoms. The summed E-state index contributed by atoms with van der Waals surface area (Å²) in [6, 6.07) is 2.99. The van der Waals surface area contributed by atoms with Crippen molar-refractivity contribution in [2.45, 2.75) is 70.7 Å². The summed E-state index contributed by atoms with van der Waals surface area (Å²) in [5.74, 6) is 1.07. The van der Waals surface area contributed by atoms with E-state index in [0.29, 0.717) is 31.9 Å². The van der Waals surface area contributed by atoms with E-state index in [0.717, 1.165) is 71.0 Å². The minimum absolute atomic E-state index is 0.161. The van der Waals surface area contributed by atoms with Crippen LogP contribution in [-0.4, -0.2) is 116 Å². The SMILES string of the molecule is COCCC1CN(CC2COCCO2)CCN1c1cc(C)n(C2CC3(C2)CN(C(=O)OC(C)(C)C)C3)n1. The van der Waals surface area contributed by atoms with Crippen molar-refractivity contribution < 1.29 is 23.7 Å². The third-order valence-electron chi connectivity index (χ3n) is 8.16. The van der Waals surface area contributed by atoms with E-state index in [1.54, 1.807) is 7.11 Å². The largest absolute Gasteiger partial charge is 0.444 e. The number of piperazine rings is 1. The Morgan fingerprint density at radius 1 is 1.22 bits per heavy atom. The van der Waals surface area contributed by atoms with Gasteiger partial charge in [0.25, 0.3) is 0 Å². The quantitative estimate of drug-likeness (QED) is 0.544. The fraction of sp³-hybridized carbons (Fsp3) is 0.852. The highest BCUT2D eigenvalue weighted by Crippen LogP contribution is 2.54. The molecule has 2 unspecified atom stereocenters. The number of likely N-dealkylation sites (tertiary alicyclic amines) is 1. The molecule has 1 saturated carbocycles. The average Bonchev–Trinajstić information content (AvgIpc) is 3.16. The van der Waals surface area contributed by atoms with Crippen LogP contribution < -0.4 is 4.90 Å². The Kier molecular flexibility index (Phi) is 7.73. The second-order valence-electron chi connectivity index (χ2n) is 12.4. The number of amides is 1. The van der Waals surface area contributed by atoms with Gasteiger partial charge in [-0.1, -0.05) is 0 Å². The van der Waals surface area contributed by atoms with Gasteiger partial charge in [-0.3, -0.25) is 9.58 Å². The van der Waals surface area contributed by atoms with Gasteiger partial charge < -0.3 is 28.7 Å².